The van der Waals surface area contributed by atoms with Crippen molar-refractivity contribution < 1.29 is 4.74 Å². The second-order valence-electron chi connectivity index (χ2n) is 3.46. The molecule has 0 fully saturated rings. The van der Waals surface area contributed by atoms with Crippen molar-refractivity contribution in [1.82, 2.24) is 0 Å². The van der Waals surface area contributed by atoms with E-state index in [-0.39, 0.29) is 0 Å². The maximum Gasteiger partial charge on any atom is 0.143 e. The minimum atomic E-state index is 0.627. The molecule has 1 aromatic carbocycles. The first-order valence-corrected chi connectivity index (χ1v) is 7.54. The number of aliphatic imine (C=N–C) groups is 1. The average molecular weight is 314 g/mol. The summed E-state index contributed by atoms with van der Waals surface area (Å²) in [5.74, 6) is 0.692. The largest absolute Gasteiger partial charge is 0.495 e. The molecular formula is C16H28ClN3O. The van der Waals surface area contributed by atoms with Gasteiger partial charge in [0.05, 0.1) is 24.2 Å². The molecule has 0 saturated heterocycles. The van der Waals surface area contributed by atoms with Crippen molar-refractivity contribution in [2.45, 2.75) is 41.5 Å². The highest BCUT2D eigenvalue weighted by Gasteiger charge is 2.03. The molecule has 0 amide bonds. The molecule has 0 aliphatic heterocycles. The van der Waals surface area contributed by atoms with Crippen molar-refractivity contribution in [3.05, 3.63) is 23.2 Å². The molecule has 0 aromatic heterocycles. The Hall–Kier alpha value is -1.55. The first-order valence-electron chi connectivity index (χ1n) is 7.16. The summed E-state index contributed by atoms with van der Waals surface area (Å²) in [4.78, 5) is 4.05. The maximum atomic E-state index is 5.91. The van der Waals surface area contributed by atoms with Crippen LogP contribution in [0.4, 0.5) is 5.69 Å². The van der Waals surface area contributed by atoms with Crippen LogP contribution in [0.3, 0.4) is 0 Å². The van der Waals surface area contributed by atoms with E-state index in [0.717, 1.165) is 17.1 Å². The van der Waals surface area contributed by atoms with Crippen LogP contribution >= 0.6 is 11.6 Å². The molecule has 0 aliphatic rings. The molecule has 0 bridgehead atoms. The molecule has 21 heavy (non-hydrogen) atoms. The van der Waals surface area contributed by atoms with Crippen molar-refractivity contribution in [3.63, 3.8) is 0 Å². The third kappa shape index (κ3) is 8.35. The lowest BCUT2D eigenvalue weighted by Crippen LogP contribution is -2.08. The van der Waals surface area contributed by atoms with Crippen molar-refractivity contribution in [1.29, 1.82) is 0 Å². The number of nitrogens with one attached hydrogen (secondary N) is 1. The number of hydrogen-bond acceptors (Lipinski definition) is 4. The second-order valence-corrected chi connectivity index (χ2v) is 3.90. The van der Waals surface area contributed by atoms with Gasteiger partial charge in [0.1, 0.15) is 5.75 Å². The number of methoxy groups -OCH3 is 1. The number of hydrazone groups is 1. The molecule has 0 spiro atoms. The summed E-state index contributed by atoms with van der Waals surface area (Å²) in [5.41, 5.74) is 5.33. The first-order chi connectivity index (χ1) is 10.1. The number of nitrogens with zero attached hydrogens (tertiary/aromatic N) is 2. The van der Waals surface area contributed by atoms with Gasteiger partial charge in [-0.05, 0) is 32.0 Å². The van der Waals surface area contributed by atoms with E-state index in [1.807, 2.05) is 41.5 Å². The predicted molar refractivity (Wildman–Crippen MR) is 96.5 cm³/mol. The van der Waals surface area contributed by atoms with Gasteiger partial charge in [-0.2, -0.15) is 5.10 Å². The zero-order chi connectivity index (χ0) is 16.8. The maximum absolute atomic E-state index is 5.91. The van der Waals surface area contributed by atoms with Crippen LogP contribution in [0.25, 0.3) is 0 Å². The lowest BCUT2D eigenvalue weighted by molar-refractivity contribution is 0.416. The Morgan fingerprint density at radius 2 is 1.67 bits per heavy atom. The molecule has 0 heterocycles. The van der Waals surface area contributed by atoms with Crippen molar-refractivity contribution in [3.8, 4) is 5.75 Å². The topological polar surface area (TPSA) is 46.0 Å². The van der Waals surface area contributed by atoms with Crippen LogP contribution in [-0.4, -0.2) is 25.6 Å². The van der Waals surface area contributed by atoms with E-state index < -0.39 is 0 Å². The number of anilines is 1. The van der Waals surface area contributed by atoms with Crippen LogP contribution in [0.2, 0.25) is 5.02 Å². The van der Waals surface area contributed by atoms with Gasteiger partial charge < -0.3 is 4.74 Å². The number of rotatable bonds is 4. The fraction of sp³-hybridized carbons (Fsp3) is 0.500. The van der Waals surface area contributed by atoms with Gasteiger partial charge in [-0.1, -0.05) is 39.3 Å². The summed E-state index contributed by atoms with van der Waals surface area (Å²) in [5, 5.41) is 4.84. The van der Waals surface area contributed by atoms with E-state index in [1.54, 1.807) is 32.4 Å². The van der Waals surface area contributed by atoms with Crippen molar-refractivity contribution >= 4 is 28.7 Å². The Morgan fingerprint density at radius 3 is 2.14 bits per heavy atom. The van der Waals surface area contributed by atoms with E-state index in [1.165, 1.54) is 0 Å². The third-order valence-corrected chi connectivity index (χ3v) is 2.60. The molecule has 1 N–H and O–H groups in total. The average Bonchev–Trinajstić information content (AvgIpc) is 2.55. The molecule has 0 atom stereocenters. The lowest BCUT2D eigenvalue weighted by atomic mass is 10.3. The monoisotopic (exact) mass is 313 g/mol. The van der Waals surface area contributed by atoms with Crippen molar-refractivity contribution in [2.75, 3.05) is 19.6 Å². The first kappa shape index (κ1) is 21.7. The molecule has 0 aliphatic carbocycles. The Kier molecular flexibility index (Phi) is 13.9. The highest BCUT2D eigenvalue weighted by atomic mass is 35.5. The van der Waals surface area contributed by atoms with Crippen LogP contribution in [0, 0.1) is 0 Å². The highest BCUT2D eigenvalue weighted by molar-refractivity contribution is 6.40. The van der Waals surface area contributed by atoms with Gasteiger partial charge in [-0.25, -0.2) is 0 Å². The smallest absolute Gasteiger partial charge is 0.143 e. The zero-order valence-electron chi connectivity index (χ0n) is 14.4. The number of benzene rings is 1. The van der Waals surface area contributed by atoms with E-state index in [0.29, 0.717) is 10.8 Å². The molecule has 0 radical (unpaired) electrons. The summed E-state index contributed by atoms with van der Waals surface area (Å²) < 4.78 is 5.20. The Balaban J connectivity index is 0. The van der Waals surface area contributed by atoms with Gasteiger partial charge in [0.25, 0.3) is 0 Å². The summed E-state index contributed by atoms with van der Waals surface area (Å²) in [6.45, 7) is 11.8. The minimum absolute atomic E-state index is 0.627. The summed E-state index contributed by atoms with van der Waals surface area (Å²) in [7, 11) is 3.33. The second kappa shape index (κ2) is 13.4. The van der Waals surface area contributed by atoms with Gasteiger partial charge in [0.15, 0.2) is 0 Å². The van der Waals surface area contributed by atoms with Gasteiger partial charge in [-0.3, -0.25) is 10.4 Å². The van der Waals surface area contributed by atoms with Crippen LogP contribution in [-0.2, 0) is 0 Å². The fourth-order valence-electron chi connectivity index (χ4n) is 1.15. The van der Waals surface area contributed by atoms with E-state index in [9.17, 15) is 0 Å². The van der Waals surface area contributed by atoms with E-state index in [4.69, 9.17) is 16.3 Å². The van der Waals surface area contributed by atoms with Crippen LogP contribution in [0.15, 0.2) is 28.3 Å². The summed E-state index contributed by atoms with van der Waals surface area (Å²) in [6.07, 6.45) is 0. The van der Waals surface area contributed by atoms with E-state index >= 15 is 0 Å². The number of hydrogen-bond donors (Lipinski definition) is 1. The zero-order valence-corrected chi connectivity index (χ0v) is 15.2. The molecule has 0 unspecified atom stereocenters. The summed E-state index contributed by atoms with van der Waals surface area (Å²) >= 11 is 5.91. The van der Waals surface area contributed by atoms with Gasteiger partial charge in [0, 0.05) is 12.1 Å². The van der Waals surface area contributed by atoms with Crippen LogP contribution in [0.5, 0.6) is 5.75 Å². The lowest BCUT2D eigenvalue weighted by Gasteiger charge is -2.08. The third-order valence-electron chi connectivity index (χ3n) is 2.36. The molecule has 1 aromatic rings. The summed E-state index contributed by atoms with van der Waals surface area (Å²) in [6, 6.07) is 5.31. The Morgan fingerprint density at radius 1 is 1.10 bits per heavy atom. The van der Waals surface area contributed by atoms with E-state index in [2.05, 4.69) is 15.5 Å². The fourth-order valence-corrected chi connectivity index (χ4v) is 1.33. The van der Waals surface area contributed by atoms with Crippen LogP contribution in [0.1, 0.15) is 41.5 Å². The number of halogens is 1. The molecular weight excluding hydrogens is 286 g/mol. The van der Waals surface area contributed by atoms with Gasteiger partial charge >= 0.3 is 0 Å². The van der Waals surface area contributed by atoms with Gasteiger partial charge in [-0.15, -0.1) is 0 Å². The molecule has 1 rings (SSSR count). The molecule has 4 nitrogen and oxygen atoms in total. The standard InChI is InChI=1S/C12H16ClN3O.2C2H6/c1-8(14-3)9(2)15-16-11-7-10(13)5-6-12(11)17-4;2*1-2/h5-7,16H,1-4H3;2*1-2H3/b14-8?,15-9+;;. The highest BCUT2D eigenvalue weighted by Crippen LogP contribution is 2.27. The molecule has 0 saturated carbocycles. The normalized spacial score (nSPS) is 10.7. The van der Waals surface area contributed by atoms with Gasteiger partial charge in [0.2, 0.25) is 0 Å². The molecule has 120 valence electrons. The molecule has 5 heteroatoms. The predicted octanol–water partition coefficient (Wildman–Crippen LogP) is 5.28. The Bertz CT molecular complexity index is 457. The number of ether oxygens (including phenoxy) is 1. The Labute approximate surface area is 134 Å². The van der Waals surface area contributed by atoms with Crippen molar-refractivity contribution in [2.24, 2.45) is 10.1 Å². The SMILES string of the molecule is CC.CC.CN=C(C)/C(C)=N/Nc1cc(Cl)ccc1OC. The van der Waals surface area contributed by atoms with Crippen LogP contribution < -0.4 is 10.2 Å². The quantitative estimate of drug-likeness (QED) is 0.607. The minimum Gasteiger partial charge on any atom is -0.495 e.